The average Bonchev–Trinajstić information content (AvgIpc) is 3.07. The second-order valence-corrected chi connectivity index (χ2v) is 5.02. The monoisotopic (exact) mass is 323 g/mol. The largest absolute Gasteiger partial charge is 0.396 e. The predicted molar refractivity (Wildman–Crippen MR) is 92.4 cm³/mol. The molecule has 0 spiro atoms. The molecular formula is C16H17N7O. The Morgan fingerprint density at radius 1 is 1.33 bits per heavy atom. The number of rotatable bonds is 5. The lowest BCUT2D eigenvalue weighted by Gasteiger charge is -2.08. The summed E-state index contributed by atoms with van der Waals surface area (Å²) in [7, 11) is 0. The highest BCUT2D eigenvalue weighted by molar-refractivity contribution is 5.88. The van der Waals surface area contributed by atoms with E-state index < -0.39 is 0 Å². The molecule has 0 unspecified atom stereocenters. The Bertz CT molecular complexity index is 894. The number of hydrogen-bond donors (Lipinski definition) is 5. The third-order valence-electron chi connectivity index (χ3n) is 3.29. The van der Waals surface area contributed by atoms with Crippen molar-refractivity contribution in [3.8, 4) is 11.8 Å². The normalized spacial score (nSPS) is 10.2. The van der Waals surface area contributed by atoms with Crippen LogP contribution in [0.15, 0.2) is 30.6 Å². The quantitative estimate of drug-likeness (QED) is 0.208. The first-order valence-electron chi connectivity index (χ1n) is 7.43. The number of nitrogens with zero attached hydrogens (tertiary/aromatic N) is 3. The smallest absolute Gasteiger partial charge is 0.239 e. The first kappa shape index (κ1) is 15.7. The molecule has 0 aliphatic carbocycles. The number of nitrogens with two attached hydrogens (primary N) is 1. The van der Waals surface area contributed by atoms with Gasteiger partial charge < -0.3 is 10.4 Å². The van der Waals surface area contributed by atoms with Crippen LogP contribution in [0.5, 0.6) is 0 Å². The molecule has 0 aliphatic rings. The Morgan fingerprint density at radius 2 is 2.25 bits per heavy atom. The van der Waals surface area contributed by atoms with Crippen LogP contribution in [-0.2, 0) is 0 Å². The van der Waals surface area contributed by atoms with Gasteiger partial charge in [-0.1, -0.05) is 11.8 Å². The van der Waals surface area contributed by atoms with Crippen molar-refractivity contribution in [3.05, 3.63) is 36.2 Å². The Morgan fingerprint density at radius 3 is 3.08 bits per heavy atom. The van der Waals surface area contributed by atoms with Crippen molar-refractivity contribution in [1.29, 1.82) is 0 Å². The Kier molecular flexibility index (Phi) is 4.86. The third kappa shape index (κ3) is 3.60. The number of aliphatic hydroxyl groups excluding tert-OH is 1. The fraction of sp³-hybridized carbons (Fsp3) is 0.188. The standard InChI is InChI=1S/C16H17N7O/c17-22-16-18-6-5-14(21-16)20-13-8-11(4-2-1-3-7-24)15-12(9-13)10-19-23-15/h5-6,8-10,24H,1,3,7,17H2,(H,19,23)(H2,18,20,21,22). The maximum atomic E-state index is 8.83. The molecule has 2 aromatic heterocycles. The average molecular weight is 323 g/mol. The van der Waals surface area contributed by atoms with Crippen molar-refractivity contribution in [2.45, 2.75) is 12.8 Å². The summed E-state index contributed by atoms with van der Waals surface area (Å²) < 4.78 is 0. The highest BCUT2D eigenvalue weighted by Gasteiger charge is 2.06. The van der Waals surface area contributed by atoms with Crippen LogP contribution in [0.25, 0.3) is 10.9 Å². The number of aromatic amines is 1. The van der Waals surface area contributed by atoms with Gasteiger partial charge in [-0.2, -0.15) is 10.1 Å². The van der Waals surface area contributed by atoms with Gasteiger partial charge in [0.2, 0.25) is 5.95 Å². The number of fused-ring (bicyclic) bond motifs is 1. The summed E-state index contributed by atoms with van der Waals surface area (Å²) in [4.78, 5) is 8.20. The number of benzene rings is 1. The molecule has 24 heavy (non-hydrogen) atoms. The van der Waals surface area contributed by atoms with Gasteiger partial charge >= 0.3 is 0 Å². The number of aliphatic hydroxyl groups is 1. The minimum absolute atomic E-state index is 0.140. The second-order valence-electron chi connectivity index (χ2n) is 5.02. The number of hydrazine groups is 1. The number of aromatic nitrogens is 4. The maximum Gasteiger partial charge on any atom is 0.239 e. The summed E-state index contributed by atoms with van der Waals surface area (Å²) in [6.07, 6.45) is 4.65. The summed E-state index contributed by atoms with van der Waals surface area (Å²) in [6, 6.07) is 5.62. The first-order valence-corrected chi connectivity index (χ1v) is 7.43. The van der Waals surface area contributed by atoms with Crippen LogP contribution in [-0.4, -0.2) is 31.9 Å². The molecule has 8 heteroatoms. The lowest BCUT2D eigenvalue weighted by molar-refractivity contribution is 0.290. The Balaban J connectivity index is 1.91. The SMILES string of the molecule is NNc1nccc(Nc2cc(C#CCCCO)c3[nH]ncc3c2)n1. The molecule has 0 radical (unpaired) electrons. The molecule has 3 rings (SSSR count). The highest BCUT2D eigenvalue weighted by atomic mass is 16.2. The van der Waals surface area contributed by atoms with Crippen LogP contribution in [0.3, 0.4) is 0 Å². The summed E-state index contributed by atoms with van der Waals surface area (Å²) in [5.41, 5.74) is 4.95. The zero-order chi connectivity index (χ0) is 16.8. The number of hydrogen-bond acceptors (Lipinski definition) is 7. The fourth-order valence-electron chi connectivity index (χ4n) is 2.20. The highest BCUT2D eigenvalue weighted by Crippen LogP contribution is 2.24. The van der Waals surface area contributed by atoms with E-state index in [4.69, 9.17) is 10.9 Å². The van der Waals surface area contributed by atoms with Gasteiger partial charge in [0.25, 0.3) is 0 Å². The molecule has 0 fully saturated rings. The van der Waals surface area contributed by atoms with Gasteiger partial charge in [0.1, 0.15) is 5.82 Å². The maximum absolute atomic E-state index is 8.83. The molecule has 0 atom stereocenters. The van der Waals surface area contributed by atoms with Crippen LogP contribution in [0.4, 0.5) is 17.5 Å². The molecule has 1 aromatic carbocycles. The zero-order valence-corrected chi connectivity index (χ0v) is 12.9. The number of nitrogens with one attached hydrogen (secondary N) is 3. The van der Waals surface area contributed by atoms with E-state index in [0.29, 0.717) is 24.6 Å². The van der Waals surface area contributed by atoms with Crippen molar-refractivity contribution in [3.63, 3.8) is 0 Å². The molecule has 0 aliphatic heterocycles. The van der Waals surface area contributed by atoms with Crippen LogP contribution in [0, 0.1) is 11.8 Å². The fourth-order valence-corrected chi connectivity index (χ4v) is 2.20. The van der Waals surface area contributed by atoms with E-state index in [-0.39, 0.29) is 6.61 Å². The number of anilines is 3. The molecule has 0 amide bonds. The van der Waals surface area contributed by atoms with E-state index in [9.17, 15) is 0 Å². The van der Waals surface area contributed by atoms with Crippen LogP contribution < -0.4 is 16.6 Å². The van der Waals surface area contributed by atoms with Gasteiger partial charge in [-0.15, -0.1) is 0 Å². The molecule has 122 valence electrons. The van der Waals surface area contributed by atoms with Crippen LogP contribution in [0.2, 0.25) is 0 Å². The lowest BCUT2D eigenvalue weighted by Crippen LogP contribution is -2.10. The number of H-pyrrole nitrogens is 1. The topological polar surface area (TPSA) is 125 Å². The summed E-state index contributed by atoms with van der Waals surface area (Å²) in [6.45, 7) is 0.140. The number of nitrogen functional groups attached to an aromatic ring is 1. The molecule has 2 heterocycles. The van der Waals surface area contributed by atoms with Crippen molar-refractivity contribution in [2.24, 2.45) is 5.84 Å². The van der Waals surface area contributed by atoms with E-state index in [1.165, 1.54) is 0 Å². The van der Waals surface area contributed by atoms with E-state index in [1.807, 2.05) is 12.1 Å². The third-order valence-corrected chi connectivity index (χ3v) is 3.29. The summed E-state index contributed by atoms with van der Waals surface area (Å²) >= 11 is 0. The molecule has 0 saturated carbocycles. The lowest BCUT2D eigenvalue weighted by atomic mass is 10.1. The second kappa shape index (κ2) is 7.41. The van der Waals surface area contributed by atoms with Gasteiger partial charge in [0.15, 0.2) is 0 Å². The summed E-state index contributed by atoms with van der Waals surface area (Å²) in [5.74, 6) is 12.4. The van der Waals surface area contributed by atoms with Crippen molar-refractivity contribution in [1.82, 2.24) is 20.2 Å². The minimum atomic E-state index is 0.140. The van der Waals surface area contributed by atoms with Gasteiger partial charge in [-0.05, 0) is 24.6 Å². The first-order chi connectivity index (χ1) is 11.8. The Labute approximate surface area is 138 Å². The van der Waals surface area contributed by atoms with Gasteiger partial charge in [-0.3, -0.25) is 10.5 Å². The van der Waals surface area contributed by atoms with Gasteiger partial charge in [-0.25, -0.2) is 10.8 Å². The molecule has 3 aromatic rings. The van der Waals surface area contributed by atoms with E-state index in [1.54, 1.807) is 18.5 Å². The molecule has 8 nitrogen and oxygen atoms in total. The summed E-state index contributed by atoms with van der Waals surface area (Å²) in [5, 5.41) is 20.0. The van der Waals surface area contributed by atoms with Crippen LogP contribution >= 0.6 is 0 Å². The van der Waals surface area contributed by atoms with Crippen LogP contribution in [0.1, 0.15) is 18.4 Å². The number of unbranched alkanes of at least 4 members (excludes halogenated alkanes) is 1. The van der Waals surface area contributed by atoms with Crippen molar-refractivity contribution >= 4 is 28.4 Å². The molecule has 0 bridgehead atoms. The zero-order valence-electron chi connectivity index (χ0n) is 12.9. The van der Waals surface area contributed by atoms with E-state index in [2.05, 4.69) is 42.7 Å². The van der Waals surface area contributed by atoms with Crippen molar-refractivity contribution < 1.29 is 5.11 Å². The van der Waals surface area contributed by atoms with E-state index in [0.717, 1.165) is 22.2 Å². The molecular weight excluding hydrogens is 306 g/mol. The van der Waals surface area contributed by atoms with Gasteiger partial charge in [0, 0.05) is 30.3 Å². The minimum Gasteiger partial charge on any atom is -0.396 e. The Hall–Kier alpha value is -3.15. The van der Waals surface area contributed by atoms with E-state index >= 15 is 0 Å². The predicted octanol–water partition coefficient (Wildman–Crippen LogP) is 1.51. The molecule has 0 saturated heterocycles. The van der Waals surface area contributed by atoms with Gasteiger partial charge in [0.05, 0.1) is 17.3 Å². The van der Waals surface area contributed by atoms with Crippen molar-refractivity contribution in [2.75, 3.05) is 17.3 Å². The molecule has 6 N–H and O–H groups in total.